The maximum atomic E-state index is 5.89. The highest BCUT2D eigenvalue weighted by atomic mass is 35.5. The highest BCUT2D eigenvalue weighted by Crippen LogP contribution is 2.26. The maximum absolute atomic E-state index is 5.89. The normalized spacial score (nSPS) is 10.6. The Morgan fingerprint density at radius 3 is 2.50 bits per heavy atom. The van der Waals surface area contributed by atoms with Crippen LogP contribution in [-0.4, -0.2) is 17.4 Å². The molecule has 18 heavy (non-hydrogen) atoms. The van der Waals surface area contributed by atoms with Crippen LogP contribution in [0, 0.1) is 13.8 Å². The zero-order valence-electron chi connectivity index (χ0n) is 10.7. The average molecular weight is 281 g/mol. The second kappa shape index (κ2) is 6.21. The van der Waals surface area contributed by atoms with Gasteiger partial charge in [-0.2, -0.15) is 0 Å². The summed E-state index contributed by atoms with van der Waals surface area (Å²) in [4.78, 5) is 8.13. The van der Waals surface area contributed by atoms with Crippen LogP contribution in [0.1, 0.15) is 16.1 Å². The van der Waals surface area contributed by atoms with Crippen LogP contribution in [-0.2, 0) is 6.54 Å². The minimum Gasteiger partial charge on any atom is -0.343 e. The fourth-order valence-corrected chi connectivity index (χ4v) is 2.88. The fourth-order valence-electron chi connectivity index (χ4n) is 1.74. The molecular weight excluding hydrogens is 264 g/mol. The molecular formula is C14H17ClN2S. The topological polar surface area (TPSA) is 16.1 Å². The maximum Gasteiger partial charge on any atom is 0.186 e. The van der Waals surface area contributed by atoms with Gasteiger partial charge in [-0.1, -0.05) is 30.3 Å². The number of alkyl halides is 1. The van der Waals surface area contributed by atoms with Crippen molar-refractivity contribution in [2.45, 2.75) is 20.4 Å². The Bertz CT molecular complexity index is 476. The summed E-state index contributed by atoms with van der Waals surface area (Å²) >= 11 is 7.63. The molecule has 1 heterocycles. The van der Waals surface area contributed by atoms with E-state index in [-0.39, 0.29) is 0 Å². The second-order valence-corrected chi connectivity index (χ2v) is 5.79. The number of anilines is 1. The standard InChI is InChI=1S/C14H17ClN2S/c1-11-12(2)18-14(16-11)17(9-8-15)10-13-6-4-3-5-7-13/h3-7H,8-10H2,1-2H3. The molecule has 0 aliphatic heterocycles. The van der Waals surface area contributed by atoms with Crippen molar-refractivity contribution in [2.75, 3.05) is 17.3 Å². The molecule has 96 valence electrons. The van der Waals surface area contributed by atoms with Crippen molar-refractivity contribution in [3.63, 3.8) is 0 Å². The molecule has 0 unspecified atom stereocenters. The third-order valence-corrected chi connectivity index (χ3v) is 4.16. The number of hydrogen-bond donors (Lipinski definition) is 0. The van der Waals surface area contributed by atoms with Gasteiger partial charge in [-0.3, -0.25) is 0 Å². The fraction of sp³-hybridized carbons (Fsp3) is 0.357. The summed E-state index contributed by atoms with van der Waals surface area (Å²) in [5.41, 5.74) is 2.40. The zero-order valence-corrected chi connectivity index (χ0v) is 12.3. The van der Waals surface area contributed by atoms with Crippen molar-refractivity contribution < 1.29 is 0 Å². The molecule has 0 N–H and O–H groups in total. The first kappa shape index (κ1) is 13.4. The number of hydrogen-bond acceptors (Lipinski definition) is 3. The van der Waals surface area contributed by atoms with E-state index >= 15 is 0 Å². The predicted octanol–water partition coefficient (Wildman–Crippen LogP) is 4.01. The molecule has 0 amide bonds. The molecule has 0 aliphatic carbocycles. The van der Waals surface area contributed by atoms with Crippen LogP contribution >= 0.6 is 22.9 Å². The lowest BCUT2D eigenvalue weighted by Gasteiger charge is -2.20. The van der Waals surface area contributed by atoms with E-state index in [9.17, 15) is 0 Å². The van der Waals surface area contributed by atoms with Crippen molar-refractivity contribution in [1.82, 2.24) is 4.98 Å². The summed E-state index contributed by atoms with van der Waals surface area (Å²) in [6.45, 7) is 5.84. The third kappa shape index (κ3) is 3.24. The molecule has 2 aromatic rings. The number of aryl methyl sites for hydroxylation is 2. The van der Waals surface area contributed by atoms with Crippen molar-refractivity contribution in [3.8, 4) is 0 Å². The molecule has 0 spiro atoms. The summed E-state index contributed by atoms with van der Waals surface area (Å²) in [7, 11) is 0. The van der Waals surface area contributed by atoms with Gasteiger partial charge in [0.25, 0.3) is 0 Å². The Balaban J connectivity index is 2.18. The van der Waals surface area contributed by atoms with Crippen LogP contribution in [0.25, 0.3) is 0 Å². The van der Waals surface area contributed by atoms with Crippen LogP contribution in [0.5, 0.6) is 0 Å². The highest BCUT2D eigenvalue weighted by molar-refractivity contribution is 7.15. The predicted molar refractivity (Wildman–Crippen MR) is 79.8 cm³/mol. The van der Waals surface area contributed by atoms with Gasteiger partial charge in [0.15, 0.2) is 5.13 Å². The number of rotatable bonds is 5. The molecule has 0 aliphatic rings. The summed E-state index contributed by atoms with van der Waals surface area (Å²) in [5.74, 6) is 0.616. The summed E-state index contributed by atoms with van der Waals surface area (Å²) in [6, 6.07) is 10.4. The van der Waals surface area contributed by atoms with Gasteiger partial charge in [0.2, 0.25) is 0 Å². The van der Waals surface area contributed by atoms with Crippen LogP contribution < -0.4 is 4.90 Å². The van der Waals surface area contributed by atoms with E-state index in [0.717, 1.165) is 23.9 Å². The Labute approximate surface area is 117 Å². The van der Waals surface area contributed by atoms with Crippen LogP contribution in [0.3, 0.4) is 0 Å². The van der Waals surface area contributed by atoms with E-state index in [1.807, 2.05) is 6.07 Å². The Kier molecular flexibility index (Phi) is 4.61. The third-order valence-electron chi connectivity index (χ3n) is 2.86. The number of nitrogens with zero attached hydrogens (tertiary/aromatic N) is 2. The Morgan fingerprint density at radius 2 is 1.94 bits per heavy atom. The monoisotopic (exact) mass is 280 g/mol. The second-order valence-electron chi connectivity index (χ2n) is 4.23. The quantitative estimate of drug-likeness (QED) is 0.770. The molecule has 2 nitrogen and oxygen atoms in total. The van der Waals surface area contributed by atoms with E-state index in [1.165, 1.54) is 10.4 Å². The first-order valence-electron chi connectivity index (χ1n) is 5.99. The van der Waals surface area contributed by atoms with Gasteiger partial charge >= 0.3 is 0 Å². The van der Waals surface area contributed by atoms with Crippen LogP contribution in [0.4, 0.5) is 5.13 Å². The van der Waals surface area contributed by atoms with Crippen LogP contribution in [0.2, 0.25) is 0 Å². The molecule has 0 saturated heterocycles. The first-order valence-corrected chi connectivity index (χ1v) is 7.34. The number of benzene rings is 1. The van der Waals surface area contributed by atoms with Gasteiger partial charge in [-0.05, 0) is 19.4 Å². The smallest absolute Gasteiger partial charge is 0.186 e. The highest BCUT2D eigenvalue weighted by Gasteiger charge is 2.12. The molecule has 1 aromatic heterocycles. The first-order chi connectivity index (χ1) is 8.70. The van der Waals surface area contributed by atoms with Gasteiger partial charge in [0, 0.05) is 23.8 Å². The molecule has 1 aromatic carbocycles. The summed E-state index contributed by atoms with van der Waals surface area (Å²) < 4.78 is 0. The zero-order chi connectivity index (χ0) is 13.0. The number of thiazole rings is 1. The van der Waals surface area contributed by atoms with Gasteiger partial charge in [-0.15, -0.1) is 22.9 Å². The van der Waals surface area contributed by atoms with Gasteiger partial charge < -0.3 is 4.90 Å². The van der Waals surface area contributed by atoms with E-state index in [4.69, 9.17) is 11.6 Å². The van der Waals surface area contributed by atoms with Crippen LogP contribution in [0.15, 0.2) is 30.3 Å². The average Bonchev–Trinajstić information content (AvgIpc) is 2.70. The molecule has 0 bridgehead atoms. The van der Waals surface area contributed by atoms with E-state index in [2.05, 4.69) is 48.0 Å². The van der Waals surface area contributed by atoms with Gasteiger partial charge in [0.1, 0.15) is 0 Å². The minimum absolute atomic E-state index is 0.616. The van der Waals surface area contributed by atoms with Crippen molar-refractivity contribution in [3.05, 3.63) is 46.5 Å². The molecule has 0 saturated carbocycles. The molecule has 0 radical (unpaired) electrons. The molecule has 4 heteroatoms. The minimum atomic E-state index is 0.616. The summed E-state index contributed by atoms with van der Waals surface area (Å²) in [5, 5.41) is 1.06. The molecule has 0 fully saturated rings. The van der Waals surface area contributed by atoms with E-state index in [1.54, 1.807) is 11.3 Å². The summed E-state index contributed by atoms with van der Waals surface area (Å²) in [6.07, 6.45) is 0. The van der Waals surface area contributed by atoms with E-state index < -0.39 is 0 Å². The van der Waals surface area contributed by atoms with Gasteiger partial charge in [0.05, 0.1) is 5.69 Å². The lowest BCUT2D eigenvalue weighted by molar-refractivity contribution is 0.827. The molecule has 0 atom stereocenters. The Morgan fingerprint density at radius 1 is 1.22 bits per heavy atom. The SMILES string of the molecule is Cc1nc(N(CCCl)Cc2ccccc2)sc1C. The van der Waals surface area contributed by atoms with Crippen molar-refractivity contribution >= 4 is 28.1 Å². The van der Waals surface area contributed by atoms with Crippen molar-refractivity contribution in [1.29, 1.82) is 0 Å². The molecule has 2 rings (SSSR count). The van der Waals surface area contributed by atoms with Crippen molar-refractivity contribution in [2.24, 2.45) is 0 Å². The lowest BCUT2D eigenvalue weighted by atomic mass is 10.2. The number of halogens is 1. The Hall–Kier alpha value is -1.06. The number of aromatic nitrogens is 1. The largest absolute Gasteiger partial charge is 0.343 e. The van der Waals surface area contributed by atoms with Gasteiger partial charge in [-0.25, -0.2) is 4.98 Å². The van der Waals surface area contributed by atoms with E-state index in [0.29, 0.717) is 5.88 Å². The lowest BCUT2D eigenvalue weighted by Crippen LogP contribution is -2.24.